The van der Waals surface area contributed by atoms with E-state index in [9.17, 15) is 4.79 Å². The van der Waals surface area contributed by atoms with E-state index in [1.165, 1.54) is 51.6 Å². The lowest BCUT2D eigenvalue weighted by Gasteiger charge is -2.27. The van der Waals surface area contributed by atoms with Gasteiger partial charge in [0.05, 0.1) is 5.92 Å². The Hall–Kier alpha value is -0.0300. The number of hydrogen-bond donors (Lipinski definition) is 2. The van der Waals surface area contributed by atoms with Crippen LogP contribution in [0.3, 0.4) is 0 Å². The highest BCUT2D eigenvalue weighted by Crippen LogP contribution is 2.47. The predicted molar refractivity (Wildman–Crippen MR) is 92.5 cm³/mol. The van der Waals surface area contributed by atoms with Crippen molar-refractivity contribution in [1.82, 2.24) is 10.2 Å². The van der Waals surface area contributed by atoms with Crippen molar-refractivity contribution in [2.75, 3.05) is 19.6 Å². The molecule has 128 valence electrons. The van der Waals surface area contributed by atoms with Gasteiger partial charge in [-0.15, -0.1) is 24.8 Å². The summed E-state index contributed by atoms with van der Waals surface area (Å²) in [5.74, 6) is 2.20. The Morgan fingerprint density at radius 2 is 1.82 bits per heavy atom. The van der Waals surface area contributed by atoms with Crippen molar-refractivity contribution in [3.63, 3.8) is 0 Å². The van der Waals surface area contributed by atoms with E-state index in [0.29, 0.717) is 17.8 Å². The zero-order valence-corrected chi connectivity index (χ0v) is 14.7. The molecule has 4 aliphatic rings. The van der Waals surface area contributed by atoms with Crippen LogP contribution in [0.2, 0.25) is 0 Å². The van der Waals surface area contributed by atoms with Gasteiger partial charge in [-0.1, -0.05) is 0 Å². The van der Waals surface area contributed by atoms with Crippen LogP contribution in [0.15, 0.2) is 0 Å². The summed E-state index contributed by atoms with van der Waals surface area (Å²) in [5.41, 5.74) is 6.25. The lowest BCUT2D eigenvalue weighted by atomic mass is 9.84. The number of nitrogens with one attached hydrogen (secondary N) is 1. The topological polar surface area (TPSA) is 58.4 Å². The number of hydrogen-bond acceptors (Lipinski definition) is 3. The highest BCUT2D eigenvalue weighted by molar-refractivity contribution is 5.85. The molecule has 0 aromatic heterocycles. The highest BCUT2D eigenvalue weighted by Gasteiger charge is 2.49. The highest BCUT2D eigenvalue weighted by atomic mass is 35.5. The SMILES string of the molecule is Cl.Cl.NC1C2CCC(C2)C1C(=O)NCC1CCN(C2CC2)C1. The molecule has 2 bridgehead atoms. The molecule has 0 aromatic carbocycles. The molecule has 5 unspecified atom stereocenters. The molecule has 1 amide bonds. The summed E-state index contributed by atoms with van der Waals surface area (Å²) in [5, 5.41) is 3.22. The van der Waals surface area contributed by atoms with Crippen LogP contribution in [0, 0.1) is 23.7 Å². The fourth-order valence-corrected chi connectivity index (χ4v) is 4.89. The molecule has 0 aromatic rings. The molecule has 3 aliphatic carbocycles. The molecule has 4 fully saturated rings. The molecule has 1 aliphatic heterocycles. The maximum absolute atomic E-state index is 12.4. The maximum Gasteiger partial charge on any atom is 0.224 e. The van der Waals surface area contributed by atoms with E-state index in [4.69, 9.17) is 5.73 Å². The Morgan fingerprint density at radius 1 is 1.09 bits per heavy atom. The zero-order valence-electron chi connectivity index (χ0n) is 13.1. The van der Waals surface area contributed by atoms with Crippen molar-refractivity contribution in [2.45, 2.75) is 50.6 Å². The van der Waals surface area contributed by atoms with Crippen molar-refractivity contribution in [3.05, 3.63) is 0 Å². The first kappa shape index (κ1) is 18.3. The quantitative estimate of drug-likeness (QED) is 0.813. The van der Waals surface area contributed by atoms with Crippen LogP contribution >= 0.6 is 24.8 Å². The van der Waals surface area contributed by atoms with Gasteiger partial charge in [0.1, 0.15) is 0 Å². The van der Waals surface area contributed by atoms with Gasteiger partial charge in [0.15, 0.2) is 0 Å². The number of halogens is 2. The lowest BCUT2D eigenvalue weighted by molar-refractivity contribution is -0.127. The van der Waals surface area contributed by atoms with E-state index >= 15 is 0 Å². The summed E-state index contributed by atoms with van der Waals surface area (Å²) in [6.45, 7) is 3.29. The monoisotopic (exact) mass is 349 g/mol. The largest absolute Gasteiger partial charge is 0.355 e. The van der Waals surface area contributed by atoms with E-state index < -0.39 is 0 Å². The van der Waals surface area contributed by atoms with Crippen molar-refractivity contribution < 1.29 is 4.79 Å². The second-order valence-electron chi connectivity index (χ2n) is 7.56. The number of nitrogens with two attached hydrogens (primary N) is 1. The summed E-state index contributed by atoms with van der Waals surface area (Å²) < 4.78 is 0. The second-order valence-corrected chi connectivity index (χ2v) is 7.56. The third-order valence-electron chi connectivity index (χ3n) is 6.23. The van der Waals surface area contributed by atoms with E-state index in [-0.39, 0.29) is 42.7 Å². The van der Waals surface area contributed by atoms with Crippen molar-refractivity contribution >= 4 is 30.7 Å². The van der Waals surface area contributed by atoms with Gasteiger partial charge in [-0.05, 0) is 62.8 Å². The minimum Gasteiger partial charge on any atom is -0.355 e. The number of amides is 1. The third-order valence-corrected chi connectivity index (χ3v) is 6.23. The second kappa shape index (κ2) is 7.25. The fourth-order valence-electron chi connectivity index (χ4n) is 4.89. The van der Waals surface area contributed by atoms with Crippen LogP contribution in [0.4, 0.5) is 0 Å². The average molecular weight is 350 g/mol. The van der Waals surface area contributed by atoms with E-state index in [1.807, 2.05) is 0 Å². The molecule has 5 atom stereocenters. The number of fused-ring (bicyclic) bond motifs is 2. The maximum atomic E-state index is 12.4. The van der Waals surface area contributed by atoms with Gasteiger partial charge in [-0.25, -0.2) is 0 Å². The molecule has 3 saturated carbocycles. The Balaban J connectivity index is 0.000000882. The molecule has 0 radical (unpaired) electrons. The number of rotatable bonds is 4. The summed E-state index contributed by atoms with van der Waals surface area (Å²) in [7, 11) is 0. The van der Waals surface area contributed by atoms with Gasteiger partial charge in [0.2, 0.25) is 5.91 Å². The molecule has 3 N–H and O–H groups in total. The summed E-state index contributed by atoms with van der Waals surface area (Å²) in [6.07, 6.45) is 7.68. The Bertz CT molecular complexity index is 403. The molecule has 4 nitrogen and oxygen atoms in total. The minimum atomic E-state index is 0. The normalized spacial score (nSPS) is 40.1. The molecule has 1 heterocycles. The predicted octanol–water partition coefficient (Wildman–Crippen LogP) is 1.80. The summed E-state index contributed by atoms with van der Waals surface area (Å²) in [6, 6.07) is 0.995. The van der Waals surface area contributed by atoms with Gasteiger partial charge < -0.3 is 16.0 Å². The van der Waals surface area contributed by atoms with Gasteiger partial charge in [0, 0.05) is 25.2 Å². The van der Waals surface area contributed by atoms with Crippen LogP contribution in [-0.2, 0) is 4.79 Å². The summed E-state index contributed by atoms with van der Waals surface area (Å²) in [4.78, 5) is 15.0. The first-order valence-electron chi connectivity index (χ1n) is 8.49. The molecular formula is C16H29Cl2N3O. The first-order chi connectivity index (χ1) is 9.72. The molecule has 0 spiro atoms. The van der Waals surface area contributed by atoms with E-state index in [0.717, 1.165) is 12.6 Å². The number of likely N-dealkylation sites (tertiary alicyclic amines) is 1. The van der Waals surface area contributed by atoms with Gasteiger partial charge >= 0.3 is 0 Å². The van der Waals surface area contributed by atoms with Crippen molar-refractivity contribution in [3.8, 4) is 0 Å². The number of carbonyl (C=O) groups is 1. The molecule has 22 heavy (non-hydrogen) atoms. The lowest BCUT2D eigenvalue weighted by Crippen LogP contribution is -2.46. The smallest absolute Gasteiger partial charge is 0.224 e. The van der Waals surface area contributed by atoms with Gasteiger partial charge in [0.25, 0.3) is 0 Å². The van der Waals surface area contributed by atoms with Gasteiger partial charge in [-0.3, -0.25) is 4.79 Å². The number of carbonyl (C=O) groups excluding carboxylic acids is 1. The zero-order chi connectivity index (χ0) is 13.7. The Labute approximate surface area is 145 Å². The van der Waals surface area contributed by atoms with E-state index in [1.54, 1.807) is 0 Å². The van der Waals surface area contributed by atoms with Crippen LogP contribution in [0.5, 0.6) is 0 Å². The standard InChI is InChI=1S/C16H27N3O.2ClH/c17-15-12-2-1-11(7-12)14(15)16(20)18-8-10-5-6-19(9-10)13-3-4-13;;/h10-15H,1-9,17H2,(H,18,20);2*1H. The molecular weight excluding hydrogens is 321 g/mol. The van der Waals surface area contributed by atoms with Crippen LogP contribution in [0.1, 0.15) is 38.5 Å². The fraction of sp³-hybridized carbons (Fsp3) is 0.938. The molecule has 1 saturated heterocycles. The molecule has 6 heteroatoms. The first-order valence-corrected chi connectivity index (χ1v) is 8.49. The van der Waals surface area contributed by atoms with E-state index in [2.05, 4.69) is 10.2 Å². The molecule has 4 rings (SSSR count). The van der Waals surface area contributed by atoms with Crippen molar-refractivity contribution in [1.29, 1.82) is 0 Å². The van der Waals surface area contributed by atoms with Gasteiger partial charge in [-0.2, -0.15) is 0 Å². The minimum absolute atomic E-state index is 0. The number of nitrogens with zero attached hydrogens (tertiary/aromatic N) is 1. The average Bonchev–Trinajstić information content (AvgIpc) is 2.88. The Kier molecular flexibility index (Phi) is 6.03. The summed E-state index contributed by atoms with van der Waals surface area (Å²) >= 11 is 0. The van der Waals surface area contributed by atoms with Crippen LogP contribution in [0.25, 0.3) is 0 Å². The van der Waals surface area contributed by atoms with Crippen LogP contribution in [-0.4, -0.2) is 42.5 Å². The van der Waals surface area contributed by atoms with Crippen LogP contribution < -0.4 is 11.1 Å². The third kappa shape index (κ3) is 3.40. The van der Waals surface area contributed by atoms with Crippen molar-refractivity contribution in [2.24, 2.45) is 29.4 Å². The Morgan fingerprint density at radius 3 is 2.45 bits per heavy atom.